The van der Waals surface area contributed by atoms with Gasteiger partial charge in [0, 0.05) is 29.0 Å². The number of hydrogen-bond donors (Lipinski definition) is 0. The van der Waals surface area contributed by atoms with Crippen LogP contribution in [0.4, 0.5) is 4.79 Å². The smallest absolute Gasteiger partial charge is 0.285 e. The molecule has 1 amide bonds. The van der Waals surface area contributed by atoms with E-state index in [1.165, 1.54) is 4.90 Å². The molecule has 0 saturated carbocycles. The summed E-state index contributed by atoms with van der Waals surface area (Å²) in [5, 5.41) is -0.101. The molecule has 0 unspecified atom stereocenters. The topological polar surface area (TPSA) is 37.4 Å². The van der Waals surface area contributed by atoms with Crippen molar-refractivity contribution in [3.63, 3.8) is 0 Å². The van der Waals surface area contributed by atoms with Gasteiger partial charge in [0.15, 0.2) is 6.29 Å². The summed E-state index contributed by atoms with van der Waals surface area (Å²) >= 11 is 4.31. The normalized spacial score (nSPS) is 9.80. The Kier molecular flexibility index (Phi) is 4.35. The molecule has 0 bridgehead atoms. The van der Waals surface area contributed by atoms with Crippen molar-refractivity contribution in [1.29, 1.82) is 0 Å². The summed E-state index contributed by atoms with van der Waals surface area (Å²) in [6.07, 6.45) is 0.745. The summed E-state index contributed by atoms with van der Waals surface area (Å²) in [4.78, 5) is 24.4. The Bertz CT molecular complexity index is 393. The van der Waals surface area contributed by atoms with Gasteiger partial charge in [0.2, 0.25) is 0 Å². The number of halogens is 1. The molecule has 3 nitrogen and oxygen atoms in total. The van der Waals surface area contributed by atoms with Crippen molar-refractivity contribution >= 4 is 39.2 Å². The van der Waals surface area contributed by atoms with E-state index in [4.69, 9.17) is 0 Å². The number of amides is 1. The van der Waals surface area contributed by atoms with Crippen LogP contribution in [0.2, 0.25) is 0 Å². The molecular formula is C10H10BrNO2S. The van der Waals surface area contributed by atoms with E-state index in [-0.39, 0.29) is 5.24 Å². The van der Waals surface area contributed by atoms with Crippen LogP contribution in [-0.4, -0.2) is 30.5 Å². The first-order chi connectivity index (χ1) is 7.06. The fraction of sp³-hybridized carbons (Fsp3) is 0.200. The molecular weight excluding hydrogens is 278 g/mol. The number of benzene rings is 1. The first-order valence-electron chi connectivity index (χ1n) is 4.19. The van der Waals surface area contributed by atoms with E-state index in [9.17, 15) is 9.59 Å². The quantitative estimate of drug-likeness (QED) is 0.620. The molecule has 0 aromatic heterocycles. The van der Waals surface area contributed by atoms with Crippen molar-refractivity contribution in [1.82, 2.24) is 4.90 Å². The van der Waals surface area contributed by atoms with E-state index in [0.717, 1.165) is 18.0 Å². The summed E-state index contributed by atoms with van der Waals surface area (Å²) < 4.78 is 0.703. The van der Waals surface area contributed by atoms with Gasteiger partial charge in [-0.1, -0.05) is 22.0 Å². The average Bonchev–Trinajstić information content (AvgIpc) is 2.18. The number of thioether (sulfide) groups is 1. The Balaban J connectivity index is 2.99. The third-order valence-corrected chi connectivity index (χ3v) is 3.50. The van der Waals surface area contributed by atoms with Crippen LogP contribution in [-0.2, 0) is 0 Å². The molecule has 0 heterocycles. The molecule has 0 aliphatic heterocycles. The number of aldehydes is 1. The first-order valence-corrected chi connectivity index (χ1v) is 5.80. The Morgan fingerprint density at radius 2 is 2.13 bits per heavy atom. The number of hydrogen-bond acceptors (Lipinski definition) is 3. The highest BCUT2D eigenvalue weighted by Gasteiger charge is 2.12. The summed E-state index contributed by atoms with van der Waals surface area (Å²) in [7, 11) is 3.35. The van der Waals surface area contributed by atoms with Crippen molar-refractivity contribution in [2.45, 2.75) is 4.90 Å². The van der Waals surface area contributed by atoms with Crippen molar-refractivity contribution in [2.24, 2.45) is 0 Å². The van der Waals surface area contributed by atoms with Gasteiger partial charge in [-0.25, -0.2) is 0 Å². The first kappa shape index (κ1) is 12.3. The van der Waals surface area contributed by atoms with Crippen molar-refractivity contribution in [3.05, 3.63) is 28.2 Å². The van der Waals surface area contributed by atoms with E-state index in [1.807, 2.05) is 0 Å². The van der Waals surface area contributed by atoms with Crippen LogP contribution in [0.3, 0.4) is 0 Å². The van der Waals surface area contributed by atoms with E-state index in [2.05, 4.69) is 15.9 Å². The standard InChI is InChI=1S/C10H10BrNO2S/c1-12(2)10(14)15-9-5-3-4-8(11)7(9)6-13/h3-6H,1-2H3. The minimum absolute atomic E-state index is 0.101. The van der Waals surface area contributed by atoms with Crippen LogP contribution in [0.5, 0.6) is 0 Å². The zero-order valence-electron chi connectivity index (χ0n) is 8.36. The zero-order chi connectivity index (χ0) is 11.4. The summed E-state index contributed by atoms with van der Waals surface area (Å²) in [5.41, 5.74) is 0.512. The van der Waals surface area contributed by atoms with Crippen molar-refractivity contribution in [3.8, 4) is 0 Å². The van der Waals surface area contributed by atoms with Crippen molar-refractivity contribution < 1.29 is 9.59 Å². The largest absolute Gasteiger partial charge is 0.339 e. The van der Waals surface area contributed by atoms with Crippen LogP contribution in [0, 0.1) is 0 Å². The second-order valence-corrected chi connectivity index (χ2v) is 4.88. The molecule has 0 fully saturated rings. The molecule has 0 saturated heterocycles. The molecule has 80 valence electrons. The summed E-state index contributed by atoms with van der Waals surface area (Å²) in [6.45, 7) is 0. The lowest BCUT2D eigenvalue weighted by molar-refractivity contribution is 0.112. The highest BCUT2D eigenvalue weighted by atomic mass is 79.9. The lowest BCUT2D eigenvalue weighted by Gasteiger charge is -2.10. The Hall–Kier alpha value is -0.810. The fourth-order valence-corrected chi connectivity index (χ4v) is 2.28. The molecule has 0 N–H and O–H groups in total. The molecule has 0 atom stereocenters. The number of carbonyl (C=O) groups is 2. The van der Waals surface area contributed by atoms with E-state index < -0.39 is 0 Å². The summed E-state index contributed by atoms with van der Waals surface area (Å²) in [5.74, 6) is 0. The monoisotopic (exact) mass is 287 g/mol. The third kappa shape index (κ3) is 3.07. The van der Waals surface area contributed by atoms with E-state index in [1.54, 1.807) is 32.3 Å². The van der Waals surface area contributed by atoms with E-state index in [0.29, 0.717) is 14.9 Å². The maximum atomic E-state index is 11.4. The second-order valence-electron chi connectivity index (χ2n) is 3.03. The Morgan fingerprint density at radius 1 is 1.47 bits per heavy atom. The molecule has 0 aliphatic carbocycles. The van der Waals surface area contributed by atoms with Gasteiger partial charge in [-0.05, 0) is 23.9 Å². The molecule has 1 aromatic carbocycles. The minimum atomic E-state index is -0.101. The van der Waals surface area contributed by atoms with Gasteiger partial charge in [0.1, 0.15) is 0 Å². The van der Waals surface area contributed by atoms with Gasteiger partial charge in [0.25, 0.3) is 5.24 Å². The van der Waals surface area contributed by atoms with Gasteiger partial charge in [0.05, 0.1) is 0 Å². The lowest BCUT2D eigenvalue weighted by Crippen LogP contribution is -2.16. The molecule has 15 heavy (non-hydrogen) atoms. The Morgan fingerprint density at radius 3 is 2.67 bits per heavy atom. The van der Waals surface area contributed by atoms with Crippen LogP contribution in [0.15, 0.2) is 27.6 Å². The number of rotatable bonds is 2. The molecule has 0 aliphatic rings. The van der Waals surface area contributed by atoms with Gasteiger partial charge in [-0.2, -0.15) is 0 Å². The second kappa shape index (κ2) is 5.32. The van der Waals surface area contributed by atoms with Crippen LogP contribution in [0.25, 0.3) is 0 Å². The summed E-state index contributed by atoms with van der Waals surface area (Å²) in [6, 6.07) is 5.32. The average molecular weight is 288 g/mol. The maximum Gasteiger partial charge on any atom is 0.285 e. The SMILES string of the molecule is CN(C)C(=O)Sc1cccc(Br)c1C=O. The minimum Gasteiger partial charge on any atom is -0.339 e. The maximum absolute atomic E-state index is 11.4. The van der Waals surface area contributed by atoms with Crippen LogP contribution >= 0.6 is 27.7 Å². The lowest BCUT2D eigenvalue weighted by atomic mass is 10.2. The van der Waals surface area contributed by atoms with Gasteiger partial charge < -0.3 is 4.90 Å². The predicted molar refractivity (Wildman–Crippen MR) is 64.5 cm³/mol. The molecule has 1 aromatic rings. The number of nitrogens with zero attached hydrogens (tertiary/aromatic N) is 1. The van der Waals surface area contributed by atoms with Gasteiger partial charge in [-0.3, -0.25) is 9.59 Å². The predicted octanol–water partition coefficient (Wildman–Crippen LogP) is 3.04. The van der Waals surface area contributed by atoms with Crippen LogP contribution in [0.1, 0.15) is 10.4 Å². The molecule has 5 heteroatoms. The van der Waals surface area contributed by atoms with Gasteiger partial charge in [-0.15, -0.1) is 0 Å². The van der Waals surface area contributed by atoms with Crippen molar-refractivity contribution in [2.75, 3.05) is 14.1 Å². The third-order valence-electron chi connectivity index (χ3n) is 1.69. The molecule has 0 spiro atoms. The van der Waals surface area contributed by atoms with Gasteiger partial charge >= 0.3 is 0 Å². The zero-order valence-corrected chi connectivity index (χ0v) is 10.8. The highest BCUT2D eigenvalue weighted by molar-refractivity contribution is 9.10. The Labute approximate surface area is 101 Å². The number of carbonyl (C=O) groups excluding carboxylic acids is 2. The van der Waals surface area contributed by atoms with E-state index >= 15 is 0 Å². The molecule has 0 radical (unpaired) electrons. The molecule has 1 rings (SSSR count). The highest BCUT2D eigenvalue weighted by Crippen LogP contribution is 2.28. The fourth-order valence-electron chi connectivity index (χ4n) is 0.906. The van der Waals surface area contributed by atoms with Crippen LogP contribution < -0.4 is 0 Å².